The van der Waals surface area contributed by atoms with Crippen LogP contribution in [0.2, 0.25) is 0 Å². The molecular formula is C33H33N3O5S. The summed E-state index contributed by atoms with van der Waals surface area (Å²) in [4.78, 5) is 43.5. The lowest BCUT2D eigenvalue weighted by Crippen LogP contribution is -2.42. The van der Waals surface area contributed by atoms with E-state index in [1.807, 2.05) is 55.5 Å². The van der Waals surface area contributed by atoms with Gasteiger partial charge < -0.3 is 4.90 Å². The number of aryl methyl sites for hydroxylation is 1. The smallest absolute Gasteiger partial charge is 0.261 e. The first-order valence-electron chi connectivity index (χ1n) is 14.0. The zero-order valence-electron chi connectivity index (χ0n) is 23.9. The molecule has 0 saturated carbocycles. The Kier molecular flexibility index (Phi) is 8.24. The number of hydrogen-bond acceptors (Lipinski definition) is 5. The Labute approximate surface area is 246 Å². The van der Waals surface area contributed by atoms with Crippen LogP contribution < -0.4 is 4.90 Å². The van der Waals surface area contributed by atoms with Crippen molar-refractivity contribution in [3.8, 4) is 0 Å². The normalized spacial score (nSPS) is 13.2. The number of hydrogen-bond donors (Lipinski definition) is 0. The third kappa shape index (κ3) is 5.21. The van der Waals surface area contributed by atoms with Crippen LogP contribution >= 0.6 is 0 Å². The van der Waals surface area contributed by atoms with Crippen LogP contribution in [0.15, 0.2) is 89.8 Å². The molecule has 0 aromatic heterocycles. The number of benzene rings is 4. The second-order valence-electron chi connectivity index (χ2n) is 10.2. The van der Waals surface area contributed by atoms with Gasteiger partial charge in [0.2, 0.25) is 10.0 Å². The molecule has 4 aromatic carbocycles. The Balaban J connectivity index is 1.38. The van der Waals surface area contributed by atoms with Crippen LogP contribution in [-0.4, -0.2) is 61.5 Å². The second-order valence-corrected chi connectivity index (χ2v) is 12.1. The van der Waals surface area contributed by atoms with Crippen molar-refractivity contribution in [1.82, 2.24) is 9.21 Å². The van der Waals surface area contributed by atoms with Gasteiger partial charge in [0.1, 0.15) is 0 Å². The number of imide groups is 1. The molecule has 1 heterocycles. The molecule has 0 bridgehead atoms. The van der Waals surface area contributed by atoms with Crippen molar-refractivity contribution in [2.75, 3.05) is 31.1 Å². The largest absolute Gasteiger partial charge is 0.308 e. The Morgan fingerprint density at radius 1 is 0.786 bits per heavy atom. The lowest BCUT2D eigenvalue weighted by molar-refractivity contribution is 0.0610. The second kappa shape index (κ2) is 11.9. The number of rotatable bonds is 10. The van der Waals surface area contributed by atoms with Crippen molar-refractivity contribution in [2.45, 2.75) is 32.1 Å². The first-order chi connectivity index (χ1) is 20.2. The summed E-state index contributed by atoms with van der Waals surface area (Å²) in [5, 5.41) is 1.52. The molecule has 0 atom stereocenters. The van der Waals surface area contributed by atoms with E-state index in [1.165, 1.54) is 33.5 Å². The first kappa shape index (κ1) is 29.2. The molecule has 42 heavy (non-hydrogen) atoms. The number of carbonyl (C=O) groups is 3. The predicted molar refractivity (Wildman–Crippen MR) is 163 cm³/mol. The van der Waals surface area contributed by atoms with Gasteiger partial charge in [-0.2, -0.15) is 4.31 Å². The van der Waals surface area contributed by atoms with Crippen LogP contribution in [-0.2, 0) is 10.0 Å². The number of nitrogens with zero attached hydrogens (tertiary/aromatic N) is 3. The zero-order valence-corrected chi connectivity index (χ0v) is 24.7. The Hall–Kier alpha value is -4.34. The van der Waals surface area contributed by atoms with Crippen molar-refractivity contribution in [2.24, 2.45) is 0 Å². The fraction of sp³-hybridized carbons (Fsp3) is 0.242. The monoisotopic (exact) mass is 583 g/mol. The number of para-hydroxylation sites is 1. The van der Waals surface area contributed by atoms with Crippen LogP contribution in [0.5, 0.6) is 0 Å². The molecule has 0 saturated heterocycles. The van der Waals surface area contributed by atoms with E-state index in [2.05, 4.69) is 0 Å². The number of sulfonamides is 1. The lowest BCUT2D eigenvalue weighted by Gasteiger charge is -2.29. The maximum absolute atomic E-state index is 13.8. The Morgan fingerprint density at radius 3 is 1.95 bits per heavy atom. The summed E-state index contributed by atoms with van der Waals surface area (Å²) in [6.07, 6.45) is 0.351. The van der Waals surface area contributed by atoms with E-state index in [-0.39, 0.29) is 35.7 Å². The van der Waals surface area contributed by atoms with Crippen LogP contribution in [0.3, 0.4) is 0 Å². The fourth-order valence-corrected chi connectivity index (χ4v) is 6.96. The van der Waals surface area contributed by atoms with Gasteiger partial charge in [-0.25, -0.2) is 8.42 Å². The summed E-state index contributed by atoms with van der Waals surface area (Å²) in [5.74, 6) is -0.992. The van der Waals surface area contributed by atoms with Crippen LogP contribution in [0, 0.1) is 6.92 Å². The summed E-state index contributed by atoms with van der Waals surface area (Å²) in [6, 6.07) is 24.3. The average Bonchev–Trinajstić information content (AvgIpc) is 3.00. The van der Waals surface area contributed by atoms with E-state index in [4.69, 9.17) is 0 Å². The predicted octanol–water partition coefficient (Wildman–Crippen LogP) is 5.51. The van der Waals surface area contributed by atoms with E-state index in [9.17, 15) is 22.8 Å². The highest BCUT2D eigenvalue weighted by Gasteiger charge is 2.32. The molecule has 4 aromatic rings. The third-order valence-corrected chi connectivity index (χ3v) is 9.78. The topological polar surface area (TPSA) is 95.1 Å². The highest BCUT2D eigenvalue weighted by atomic mass is 32.2. The summed E-state index contributed by atoms with van der Waals surface area (Å²) in [6.45, 7) is 6.55. The SMILES string of the molecule is CCN(CC)S(=O)(=O)c1ccc(C(=O)N(CCCN2C(=O)c3cccc4cccc(c34)C2=O)c2ccccc2C)cc1. The molecule has 0 spiro atoms. The van der Waals surface area contributed by atoms with Crippen molar-refractivity contribution in [3.63, 3.8) is 0 Å². The van der Waals surface area contributed by atoms with Gasteiger partial charge in [0.15, 0.2) is 0 Å². The van der Waals surface area contributed by atoms with Crippen LogP contribution in [0.4, 0.5) is 5.69 Å². The maximum atomic E-state index is 13.8. The molecule has 0 unspecified atom stereocenters. The van der Waals surface area contributed by atoms with Crippen LogP contribution in [0.1, 0.15) is 56.9 Å². The highest BCUT2D eigenvalue weighted by Crippen LogP contribution is 2.30. The molecule has 8 nitrogen and oxygen atoms in total. The lowest BCUT2D eigenvalue weighted by atomic mass is 9.94. The van der Waals surface area contributed by atoms with E-state index < -0.39 is 10.0 Å². The number of anilines is 1. The van der Waals surface area contributed by atoms with Crippen molar-refractivity contribution in [1.29, 1.82) is 0 Å². The van der Waals surface area contributed by atoms with E-state index in [1.54, 1.807) is 30.9 Å². The molecular weight excluding hydrogens is 550 g/mol. The molecule has 5 rings (SSSR count). The summed E-state index contributed by atoms with van der Waals surface area (Å²) in [5.41, 5.74) is 2.91. The van der Waals surface area contributed by atoms with Crippen molar-refractivity contribution >= 4 is 44.2 Å². The van der Waals surface area contributed by atoms with Gasteiger partial charge in [-0.15, -0.1) is 0 Å². The first-order valence-corrected chi connectivity index (χ1v) is 15.5. The Morgan fingerprint density at radius 2 is 1.38 bits per heavy atom. The van der Waals surface area contributed by atoms with Gasteiger partial charge in [0.25, 0.3) is 17.7 Å². The van der Waals surface area contributed by atoms with Crippen molar-refractivity contribution < 1.29 is 22.8 Å². The zero-order chi connectivity index (χ0) is 30.0. The average molecular weight is 584 g/mol. The van der Waals surface area contributed by atoms with Crippen LogP contribution in [0.25, 0.3) is 10.8 Å². The van der Waals surface area contributed by atoms with Gasteiger partial charge in [0.05, 0.1) is 4.90 Å². The number of carbonyl (C=O) groups excluding carboxylic acids is 3. The highest BCUT2D eigenvalue weighted by molar-refractivity contribution is 7.89. The minimum absolute atomic E-state index is 0.127. The number of amides is 3. The standard InChI is InChI=1S/C33H33N3O5S/c1-4-34(5-2)42(40,41)26-19-17-25(18-20-26)31(37)35(29-16-7-6-11-23(29)3)21-10-22-36-32(38)27-14-8-12-24-13-9-15-28(30(24)27)33(36)39/h6-9,11-20H,4-5,10,21-22H2,1-3H3. The summed E-state index contributed by atoms with van der Waals surface area (Å²) in [7, 11) is -3.66. The minimum atomic E-state index is -3.66. The Bertz CT molecular complexity index is 1730. The van der Waals surface area contributed by atoms with Gasteiger partial charge in [0, 0.05) is 53.9 Å². The van der Waals surface area contributed by atoms with Crippen molar-refractivity contribution in [3.05, 3.63) is 107 Å². The molecule has 0 radical (unpaired) electrons. The molecule has 3 amide bonds. The van der Waals surface area contributed by atoms with E-state index in [0.717, 1.165) is 10.9 Å². The molecule has 1 aliphatic rings. The molecule has 9 heteroatoms. The van der Waals surface area contributed by atoms with Gasteiger partial charge in [-0.3, -0.25) is 19.3 Å². The fourth-order valence-electron chi connectivity index (χ4n) is 5.51. The van der Waals surface area contributed by atoms with E-state index >= 15 is 0 Å². The van der Waals surface area contributed by atoms with E-state index in [0.29, 0.717) is 47.3 Å². The molecule has 0 N–H and O–H groups in total. The molecule has 1 aliphatic heterocycles. The minimum Gasteiger partial charge on any atom is -0.308 e. The summed E-state index contributed by atoms with van der Waals surface area (Å²) < 4.78 is 27.2. The molecule has 216 valence electrons. The maximum Gasteiger partial charge on any atom is 0.261 e. The molecule has 0 aliphatic carbocycles. The third-order valence-electron chi connectivity index (χ3n) is 7.72. The van der Waals surface area contributed by atoms with Gasteiger partial charge in [-0.1, -0.05) is 56.3 Å². The van der Waals surface area contributed by atoms with Gasteiger partial charge in [-0.05, 0) is 66.8 Å². The van der Waals surface area contributed by atoms with Gasteiger partial charge >= 0.3 is 0 Å². The summed E-state index contributed by atoms with van der Waals surface area (Å²) >= 11 is 0. The quantitative estimate of drug-likeness (QED) is 0.230. The molecule has 0 fully saturated rings.